The molecule has 1 aromatic carbocycles. The van der Waals surface area contributed by atoms with Gasteiger partial charge in [0.05, 0.1) is 16.8 Å². The van der Waals surface area contributed by atoms with Crippen molar-refractivity contribution in [3.05, 3.63) is 18.2 Å². The van der Waals surface area contributed by atoms with Gasteiger partial charge in [-0.15, -0.1) is 0 Å². The Bertz CT molecular complexity index is 381. The van der Waals surface area contributed by atoms with Crippen LogP contribution in [-0.2, 0) is 4.79 Å². The van der Waals surface area contributed by atoms with Crippen molar-refractivity contribution in [3.8, 4) is 5.75 Å². The minimum atomic E-state index is -0.532. The van der Waals surface area contributed by atoms with Crippen LogP contribution in [0.15, 0.2) is 18.2 Å². The van der Waals surface area contributed by atoms with Crippen molar-refractivity contribution in [2.24, 2.45) is 5.41 Å². The molecular weight excluding hydrogens is 192 g/mol. The summed E-state index contributed by atoms with van der Waals surface area (Å²) in [4.78, 5) is 11.5. The average Bonchev–Trinajstić information content (AvgIpc) is 2.10. The van der Waals surface area contributed by atoms with Gasteiger partial charge in [0, 0.05) is 6.07 Å². The third-order valence-corrected chi connectivity index (χ3v) is 1.88. The van der Waals surface area contributed by atoms with E-state index in [1.807, 2.05) is 0 Å². The van der Waals surface area contributed by atoms with Crippen LogP contribution in [0.4, 0.5) is 11.4 Å². The number of carbonyl (C=O) groups excluding carboxylic acids is 1. The molecule has 0 fully saturated rings. The summed E-state index contributed by atoms with van der Waals surface area (Å²) < 4.78 is 5.14. The van der Waals surface area contributed by atoms with Gasteiger partial charge in [-0.1, -0.05) is 0 Å². The molecule has 4 N–H and O–H groups in total. The van der Waals surface area contributed by atoms with Crippen LogP contribution < -0.4 is 16.2 Å². The van der Waals surface area contributed by atoms with Crippen LogP contribution in [0.3, 0.4) is 0 Å². The quantitative estimate of drug-likeness (QED) is 0.419. The fourth-order valence-corrected chi connectivity index (χ4v) is 0.876. The summed E-state index contributed by atoms with van der Waals surface area (Å²) in [5.41, 5.74) is 11.5. The summed E-state index contributed by atoms with van der Waals surface area (Å²) in [6, 6.07) is 4.77. The molecule has 0 aromatic heterocycles. The predicted octanol–water partition coefficient (Wildman–Crippen LogP) is 1.80. The van der Waals surface area contributed by atoms with E-state index in [4.69, 9.17) is 16.2 Å². The predicted molar refractivity (Wildman–Crippen MR) is 60.4 cm³/mol. The zero-order valence-corrected chi connectivity index (χ0v) is 9.20. The van der Waals surface area contributed by atoms with E-state index < -0.39 is 5.41 Å². The molecule has 0 aliphatic heterocycles. The normalized spacial score (nSPS) is 11.1. The highest BCUT2D eigenvalue weighted by Gasteiger charge is 2.23. The van der Waals surface area contributed by atoms with Crippen LogP contribution in [0.2, 0.25) is 0 Å². The molecule has 4 heteroatoms. The Labute approximate surface area is 89.2 Å². The summed E-state index contributed by atoms with van der Waals surface area (Å²) in [6.45, 7) is 5.36. The fraction of sp³-hybridized carbons (Fsp3) is 0.364. The molecule has 0 saturated heterocycles. The number of benzene rings is 1. The van der Waals surface area contributed by atoms with Gasteiger partial charge in [-0.25, -0.2) is 0 Å². The third-order valence-electron chi connectivity index (χ3n) is 1.88. The number of esters is 1. The second-order valence-electron chi connectivity index (χ2n) is 4.43. The lowest BCUT2D eigenvalue weighted by atomic mass is 9.97. The van der Waals surface area contributed by atoms with E-state index in [0.717, 1.165) is 0 Å². The summed E-state index contributed by atoms with van der Waals surface area (Å²) in [5.74, 6) is 0.119. The van der Waals surface area contributed by atoms with Crippen LogP contribution in [0.1, 0.15) is 20.8 Å². The van der Waals surface area contributed by atoms with Gasteiger partial charge in [-0.2, -0.15) is 0 Å². The Kier molecular flexibility index (Phi) is 2.88. The van der Waals surface area contributed by atoms with Crippen molar-refractivity contribution < 1.29 is 9.53 Å². The lowest BCUT2D eigenvalue weighted by Crippen LogP contribution is -2.25. The molecule has 1 rings (SSSR count). The molecule has 4 nitrogen and oxygen atoms in total. The van der Waals surface area contributed by atoms with E-state index in [1.165, 1.54) is 0 Å². The fourth-order valence-electron chi connectivity index (χ4n) is 0.876. The number of rotatable bonds is 1. The van der Waals surface area contributed by atoms with Gasteiger partial charge in [-0.3, -0.25) is 4.79 Å². The maximum atomic E-state index is 11.5. The van der Waals surface area contributed by atoms with Gasteiger partial charge >= 0.3 is 5.97 Å². The molecule has 0 saturated carbocycles. The summed E-state index contributed by atoms with van der Waals surface area (Å²) in [7, 11) is 0. The first-order valence-corrected chi connectivity index (χ1v) is 4.68. The Morgan fingerprint density at radius 2 is 1.80 bits per heavy atom. The summed E-state index contributed by atoms with van der Waals surface area (Å²) >= 11 is 0. The van der Waals surface area contributed by atoms with Crippen LogP contribution >= 0.6 is 0 Å². The van der Waals surface area contributed by atoms with Crippen molar-refractivity contribution in [3.63, 3.8) is 0 Å². The lowest BCUT2D eigenvalue weighted by molar-refractivity contribution is -0.142. The largest absolute Gasteiger partial charge is 0.426 e. The number of nitrogens with two attached hydrogens (primary N) is 2. The third kappa shape index (κ3) is 2.87. The second-order valence-corrected chi connectivity index (χ2v) is 4.43. The first kappa shape index (κ1) is 11.4. The molecule has 0 unspecified atom stereocenters. The van der Waals surface area contributed by atoms with Crippen molar-refractivity contribution in [2.75, 3.05) is 11.5 Å². The standard InChI is InChI=1S/C11H16N2O2/c1-11(2,3)10(14)15-7-4-5-8(12)9(13)6-7/h4-6H,12-13H2,1-3H3. The van der Waals surface area contributed by atoms with Gasteiger partial charge in [0.15, 0.2) is 0 Å². The smallest absolute Gasteiger partial charge is 0.316 e. The maximum Gasteiger partial charge on any atom is 0.316 e. The van der Waals surface area contributed by atoms with E-state index in [0.29, 0.717) is 17.1 Å². The van der Waals surface area contributed by atoms with Crippen molar-refractivity contribution in [1.82, 2.24) is 0 Å². The van der Waals surface area contributed by atoms with Crippen LogP contribution in [0.25, 0.3) is 0 Å². The highest BCUT2D eigenvalue weighted by atomic mass is 16.5. The number of hydrogen-bond donors (Lipinski definition) is 2. The SMILES string of the molecule is CC(C)(C)C(=O)Oc1ccc(N)c(N)c1. The van der Waals surface area contributed by atoms with E-state index >= 15 is 0 Å². The first-order valence-electron chi connectivity index (χ1n) is 4.68. The van der Waals surface area contributed by atoms with Crippen LogP contribution in [0, 0.1) is 5.41 Å². The average molecular weight is 208 g/mol. The van der Waals surface area contributed by atoms with E-state index in [-0.39, 0.29) is 5.97 Å². The molecule has 1 aromatic rings. The number of carbonyl (C=O) groups is 1. The Morgan fingerprint density at radius 1 is 1.20 bits per heavy atom. The minimum Gasteiger partial charge on any atom is -0.426 e. The monoisotopic (exact) mass is 208 g/mol. The highest BCUT2D eigenvalue weighted by molar-refractivity contribution is 5.78. The van der Waals surface area contributed by atoms with Gasteiger partial charge < -0.3 is 16.2 Å². The Hall–Kier alpha value is -1.71. The molecule has 82 valence electrons. The number of nitrogen functional groups attached to an aromatic ring is 2. The molecule has 0 heterocycles. The van der Waals surface area contributed by atoms with Gasteiger partial charge in [0.25, 0.3) is 0 Å². The summed E-state index contributed by atoms with van der Waals surface area (Å²) in [5, 5.41) is 0. The Morgan fingerprint density at radius 3 is 2.27 bits per heavy atom. The lowest BCUT2D eigenvalue weighted by Gasteiger charge is -2.16. The van der Waals surface area contributed by atoms with E-state index in [2.05, 4.69) is 0 Å². The molecule has 0 amide bonds. The van der Waals surface area contributed by atoms with Gasteiger partial charge in [-0.05, 0) is 32.9 Å². The van der Waals surface area contributed by atoms with Crippen molar-refractivity contribution in [1.29, 1.82) is 0 Å². The molecular formula is C11H16N2O2. The topological polar surface area (TPSA) is 78.3 Å². The van der Waals surface area contributed by atoms with Crippen LogP contribution in [-0.4, -0.2) is 5.97 Å². The molecule has 0 radical (unpaired) electrons. The minimum absolute atomic E-state index is 0.299. The number of ether oxygens (including phenoxy) is 1. The van der Waals surface area contributed by atoms with Gasteiger partial charge in [0.1, 0.15) is 5.75 Å². The van der Waals surface area contributed by atoms with Crippen molar-refractivity contribution in [2.45, 2.75) is 20.8 Å². The molecule has 0 aliphatic carbocycles. The first-order chi connectivity index (χ1) is 6.80. The Balaban J connectivity index is 2.83. The number of anilines is 2. The molecule has 0 bridgehead atoms. The van der Waals surface area contributed by atoms with E-state index in [9.17, 15) is 4.79 Å². The second kappa shape index (κ2) is 3.81. The van der Waals surface area contributed by atoms with E-state index in [1.54, 1.807) is 39.0 Å². The molecule has 15 heavy (non-hydrogen) atoms. The zero-order valence-electron chi connectivity index (χ0n) is 9.20. The van der Waals surface area contributed by atoms with Crippen molar-refractivity contribution >= 4 is 17.3 Å². The molecule has 0 spiro atoms. The van der Waals surface area contributed by atoms with Gasteiger partial charge in [0.2, 0.25) is 0 Å². The number of hydrogen-bond acceptors (Lipinski definition) is 4. The molecule has 0 atom stereocenters. The van der Waals surface area contributed by atoms with Crippen LogP contribution in [0.5, 0.6) is 5.75 Å². The summed E-state index contributed by atoms with van der Waals surface area (Å²) in [6.07, 6.45) is 0. The zero-order chi connectivity index (χ0) is 11.6. The maximum absolute atomic E-state index is 11.5. The highest BCUT2D eigenvalue weighted by Crippen LogP contribution is 2.24. The molecule has 0 aliphatic rings.